The van der Waals surface area contributed by atoms with Gasteiger partial charge in [0.2, 0.25) is 0 Å². The molecule has 0 aliphatic heterocycles. The fourth-order valence-electron chi connectivity index (χ4n) is 1.64. The highest BCUT2D eigenvalue weighted by atomic mass is 16.1. The number of anilines is 1. The molecule has 0 atom stereocenters. The van der Waals surface area contributed by atoms with Crippen LogP contribution >= 0.6 is 0 Å². The highest BCUT2D eigenvalue weighted by Crippen LogP contribution is 2.25. The van der Waals surface area contributed by atoms with Crippen LogP contribution in [0.15, 0.2) is 6.07 Å². The summed E-state index contributed by atoms with van der Waals surface area (Å²) in [6, 6.07) is 2.02. The van der Waals surface area contributed by atoms with Crippen molar-refractivity contribution in [3.63, 3.8) is 0 Å². The molecule has 0 bridgehead atoms. The highest BCUT2D eigenvalue weighted by Gasteiger charge is 2.14. The van der Waals surface area contributed by atoms with Gasteiger partial charge >= 0.3 is 0 Å². The van der Waals surface area contributed by atoms with Crippen molar-refractivity contribution in [2.24, 2.45) is 0 Å². The number of ketones is 1. The van der Waals surface area contributed by atoms with E-state index in [2.05, 4.69) is 0 Å². The quantitative estimate of drug-likeness (QED) is 0.577. The van der Waals surface area contributed by atoms with Gasteiger partial charge in [0.05, 0.1) is 0 Å². The molecule has 0 aromatic heterocycles. The number of hydrogen-bond donors (Lipinski definition) is 1. The summed E-state index contributed by atoms with van der Waals surface area (Å²) in [6.07, 6.45) is 0.508. The van der Waals surface area contributed by atoms with E-state index in [1.54, 1.807) is 0 Å². The molecule has 0 amide bonds. The van der Waals surface area contributed by atoms with Crippen LogP contribution in [0.3, 0.4) is 0 Å². The van der Waals surface area contributed by atoms with Gasteiger partial charge in [-0.2, -0.15) is 0 Å². The Kier molecular flexibility index (Phi) is 2.94. The van der Waals surface area contributed by atoms with Crippen molar-refractivity contribution in [2.45, 2.75) is 34.1 Å². The summed E-state index contributed by atoms with van der Waals surface area (Å²) in [5.74, 6) is 0.131. The Morgan fingerprint density at radius 3 is 2.36 bits per heavy atom. The number of hydrogen-bond acceptors (Lipinski definition) is 2. The Hall–Kier alpha value is -1.31. The summed E-state index contributed by atoms with van der Waals surface area (Å²) in [4.78, 5) is 11.7. The van der Waals surface area contributed by atoms with E-state index in [1.165, 1.54) is 0 Å². The number of carbonyl (C=O) groups excluding carboxylic acids is 1. The van der Waals surface area contributed by atoms with Crippen LogP contribution in [0.2, 0.25) is 0 Å². The highest BCUT2D eigenvalue weighted by molar-refractivity contribution is 6.02. The number of benzene rings is 1. The molecule has 0 unspecified atom stereocenters. The van der Waals surface area contributed by atoms with Crippen LogP contribution in [0.1, 0.15) is 40.4 Å². The average molecular weight is 191 g/mol. The fraction of sp³-hybridized carbons (Fsp3) is 0.417. The van der Waals surface area contributed by atoms with Crippen LogP contribution < -0.4 is 5.73 Å². The van der Waals surface area contributed by atoms with Gasteiger partial charge in [-0.05, 0) is 37.5 Å². The molecule has 0 fully saturated rings. The minimum absolute atomic E-state index is 0.131. The van der Waals surface area contributed by atoms with Gasteiger partial charge in [0.15, 0.2) is 5.78 Å². The molecule has 2 N–H and O–H groups in total. The molecule has 1 aromatic rings. The Balaban J connectivity index is 3.47. The van der Waals surface area contributed by atoms with Crippen LogP contribution in [-0.4, -0.2) is 5.78 Å². The molecule has 2 nitrogen and oxygen atoms in total. The third kappa shape index (κ3) is 1.65. The molecule has 14 heavy (non-hydrogen) atoms. The molecule has 0 saturated heterocycles. The second kappa shape index (κ2) is 3.82. The summed E-state index contributed by atoms with van der Waals surface area (Å²) >= 11 is 0. The molecule has 2 heteroatoms. The molecule has 0 heterocycles. The second-order valence-electron chi connectivity index (χ2n) is 3.70. The minimum atomic E-state index is 0.131. The first-order valence-electron chi connectivity index (χ1n) is 4.88. The molecule has 1 aromatic carbocycles. The van der Waals surface area contributed by atoms with Crippen molar-refractivity contribution >= 4 is 11.5 Å². The smallest absolute Gasteiger partial charge is 0.164 e. The van der Waals surface area contributed by atoms with Crippen molar-refractivity contribution in [3.05, 3.63) is 28.3 Å². The Morgan fingerprint density at radius 2 is 1.86 bits per heavy atom. The van der Waals surface area contributed by atoms with Gasteiger partial charge in [-0.3, -0.25) is 4.79 Å². The molecule has 0 aliphatic rings. The largest absolute Gasteiger partial charge is 0.398 e. The number of carbonyl (C=O) groups is 1. The summed E-state index contributed by atoms with van der Waals surface area (Å²) in [5, 5.41) is 0. The average Bonchev–Trinajstić information content (AvgIpc) is 2.15. The van der Waals surface area contributed by atoms with Gasteiger partial charge in [-0.1, -0.05) is 13.0 Å². The zero-order valence-electron chi connectivity index (χ0n) is 9.27. The Labute approximate surface area is 85.1 Å². The Bertz CT molecular complexity index is 354. The first-order chi connectivity index (χ1) is 6.49. The number of nitrogen functional groups attached to an aromatic ring is 1. The van der Waals surface area contributed by atoms with Crippen molar-refractivity contribution in [2.75, 3.05) is 5.73 Å². The van der Waals surface area contributed by atoms with Crippen molar-refractivity contribution < 1.29 is 4.79 Å². The van der Waals surface area contributed by atoms with Crippen LogP contribution in [0.25, 0.3) is 0 Å². The zero-order valence-corrected chi connectivity index (χ0v) is 9.27. The van der Waals surface area contributed by atoms with E-state index in [9.17, 15) is 4.79 Å². The molecule has 0 saturated carbocycles. The predicted molar refractivity (Wildman–Crippen MR) is 59.7 cm³/mol. The van der Waals surface area contributed by atoms with E-state index < -0.39 is 0 Å². The van der Waals surface area contributed by atoms with Gasteiger partial charge in [0.1, 0.15) is 0 Å². The van der Waals surface area contributed by atoms with Crippen molar-refractivity contribution in [1.29, 1.82) is 0 Å². The van der Waals surface area contributed by atoms with Crippen molar-refractivity contribution in [3.8, 4) is 0 Å². The molecule has 1 rings (SSSR count). The van der Waals surface area contributed by atoms with Crippen LogP contribution in [0.4, 0.5) is 5.69 Å². The first-order valence-corrected chi connectivity index (χ1v) is 4.88. The van der Waals surface area contributed by atoms with Gasteiger partial charge < -0.3 is 5.73 Å². The lowest BCUT2D eigenvalue weighted by atomic mass is 9.94. The summed E-state index contributed by atoms with van der Waals surface area (Å²) in [5.41, 5.74) is 10.4. The van der Waals surface area contributed by atoms with E-state index in [0.29, 0.717) is 17.7 Å². The van der Waals surface area contributed by atoms with E-state index >= 15 is 0 Å². The van der Waals surface area contributed by atoms with Crippen LogP contribution in [0, 0.1) is 20.8 Å². The molecular formula is C12H17NO. The van der Waals surface area contributed by atoms with Crippen LogP contribution in [0.5, 0.6) is 0 Å². The lowest BCUT2D eigenvalue weighted by Crippen LogP contribution is -2.08. The first kappa shape index (κ1) is 10.8. The lowest BCUT2D eigenvalue weighted by Gasteiger charge is -2.12. The summed E-state index contributed by atoms with van der Waals surface area (Å²) in [7, 11) is 0. The standard InChI is InChI=1S/C12H17NO/c1-5-10(14)11-9(4)7(2)6-8(3)12(11)13/h6H,5,13H2,1-4H3. The Morgan fingerprint density at radius 1 is 1.29 bits per heavy atom. The predicted octanol–water partition coefficient (Wildman–Crippen LogP) is 2.79. The number of aryl methyl sites for hydroxylation is 2. The topological polar surface area (TPSA) is 43.1 Å². The van der Waals surface area contributed by atoms with Crippen molar-refractivity contribution in [1.82, 2.24) is 0 Å². The molecule has 0 spiro atoms. The maximum Gasteiger partial charge on any atom is 0.164 e. The van der Waals surface area contributed by atoms with Gasteiger partial charge in [0, 0.05) is 17.7 Å². The van der Waals surface area contributed by atoms with E-state index in [1.807, 2.05) is 33.8 Å². The van der Waals surface area contributed by atoms with E-state index in [0.717, 1.165) is 16.7 Å². The minimum Gasteiger partial charge on any atom is -0.398 e. The number of Topliss-reactive ketones (excluding diaryl/α,β-unsaturated/α-hetero) is 1. The maximum absolute atomic E-state index is 11.7. The van der Waals surface area contributed by atoms with Gasteiger partial charge in [-0.25, -0.2) is 0 Å². The fourth-order valence-corrected chi connectivity index (χ4v) is 1.64. The monoisotopic (exact) mass is 191 g/mol. The van der Waals surface area contributed by atoms with Gasteiger partial charge in [0.25, 0.3) is 0 Å². The number of nitrogens with two attached hydrogens (primary N) is 1. The summed E-state index contributed by atoms with van der Waals surface area (Å²) < 4.78 is 0. The third-order valence-corrected chi connectivity index (χ3v) is 2.69. The normalized spacial score (nSPS) is 10.3. The molecule has 0 radical (unpaired) electrons. The zero-order chi connectivity index (χ0) is 10.9. The van der Waals surface area contributed by atoms with E-state index in [4.69, 9.17) is 5.73 Å². The van der Waals surface area contributed by atoms with E-state index in [-0.39, 0.29) is 5.78 Å². The maximum atomic E-state index is 11.7. The SMILES string of the molecule is CCC(=O)c1c(C)c(C)cc(C)c1N. The third-order valence-electron chi connectivity index (χ3n) is 2.69. The van der Waals surface area contributed by atoms with Gasteiger partial charge in [-0.15, -0.1) is 0 Å². The number of rotatable bonds is 2. The molecular weight excluding hydrogens is 174 g/mol. The molecule has 76 valence electrons. The molecule has 0 aliphatic carbocycles. The van der Waals surface area contributed by atoms with Crippen LogP contribution in [-0.2, 0) is 0 Å². The summed E-state index contributed by atoms with van der Waals surface area (Å²) in [6.45, 7) is 7.76. The lowest BCUT2D eigenvalue weighted by molar-refractivity contribution is 0.0988. The second-order valence-corrected chi connectivity index (χ2v) is 3.70.